The summed E-state index contributed by atoms with van der Waals surface area (Å²) in [4.78, 5) is 13.5. The Morgan fingerprint density at radius 3 is 1.39 bits per heavy atom. The quantitative estimate of drug-likeness (QED) is 0.533. The minimum atomic E-state index is -0.870. The summed E-state index contributed by atoms with van der Waals surface area (Å²) in [6.07, 6.45) is -0.870. The number of nitrogens with zero attached hydrogens (tertiary/aromatic N) is 1. The van der Waals surface area contributed by atoms with Crippen molar-refractivity contribution in [3.05, 3.63) is 66.8 Å². The summed E-state index contributed by atoms with van der Waals surface area (Å²) in [7, 11) is 0. The van der Waals surface area contributed by atoms with Crippen LogP contribution in [0.25, 0.3) is 0 Å². The van der Waals surface area contributed by atoms with Crippen molar-refractivity contribution in [1.82, 2.24) is 10.2 Å². The lowest BCUT2D eigenvalue weighted by molar-refractivity contribution is 0.142. The van der Waals surface area contributed by atoms with E-state index in [1.807, 2.05) is 0 Å². The Labute approximate surface area is 188 Å². The highest BCUT2D eigenvalue weighted by molar-refractivity contribution is 5.65. The van der Waals surface area contributed by atoms with Crippen LogP contribution in [-0.2, 0) is 13.1 Å². The summed E-state index contributed by atoms with van der Waals surface area (Å²) < 4.78 is 0. The lowest BCUT2D eigenvalue weighted by atomic mass is 9.89. The molecule has 0 radical (unpaired) electrons. The predicted octanol–water partition coefficient (Wildman–Crippen LogP) is 6.04. The smallest absolute Gasteiger partial charge is 0.407 e. The summed E-state index contributed by atoms with van der Waals surface area (Å²) in [6, 6.07) is 0. The molecule has 31 heavy (non-hydrogen) atoms. The Hall–Kier alpha value is -2.33. The topological polar surface area (TPSA) is 52.6 Å². The maximum absolute atomic E-state index is 12.0. The molecule has 1 amide bonds. The first kappa shape index (κ1) is 24.9. The van der Waals surface area contributed by atoms with Gasteiger partial charge in [0.25, 0.3) is 0 Å². The number of rotatable bonds is 7. The number of carboxylic acid groups (broad SMARTS) is 1. The van der Waals surface area contributed by atoms with Gasteiger partial charge in [0.1, 0.15) is 0 Å². The van der Waals surface area contributed by atoms with Gasteiger partial charge in [0.15, 0.2) is 0 Å². The van der Waals surface area contributed by atoms with E-state index in [1.165, 1.54) is 66.1 Å². The van der Waals surface area contributed by atoms with E-state index in [4.69, 9.17) is 0 Å². The van der Waals surface area contributed by atoms with Crippen LogP contribution < -0.4 is 5.32 Å². The highest BCUT2D eigenvalue weighted by Gasteiger charge is 2.18. The second kappa shape index (κ2) is 9.86. The van der Waals surface area contributed by atoms with Gasteiger partial charge < -0.3 is 15.3 Å². The molecule has 0 heterocycles. The third-order valence-electron chi connectivity index (χ3n) is 7.79. The van der Waals surface area contributed by atoms with Gasteiger partial charge in [-0.2, -0.15) is 0 Å². The lowest BCUT2D eigenvalue weighted by Crippen LogP contribution is -2.36. The molecule has 2 aromatic rings. The molecule has 0 saturated carbocycles. The van der Waals surface area contributed by atoms with Crippen LogP contribution in [0.15, 0.2) is 0 Å². The summed E-state index contributed by atoms with van der Waals surface area (Å²) in [5, 5.41) is 13.3. The highest BCUT2D eigenvalue weighted by Crippen LogP contribution is 2.28. The van der Waals surface area contributed by atoms with Crippen molar-refractivity contribution >= 4 is 6.09 Å². The molecule has 4 nitrogen and oxygen atoms in total. The van der Waals surface area contributed by atoms with E-state index in [9.17, 15) is 9.90 Å². The van der Waals surface area contributed by atoms with Crippen molar-refractivity contribution in [2.75, 3.05) is 13.1 Å². The number of amides is 1. The van der Waals surface area contributed by atoms with Gasteiger partial charge in [-0.3, -0.25) is 0 Å². The second-order valence-corrected chi connectivity index (χ2v) is 9.09. The molecule has 0 aliphatic heterocycles. The average molecular weight is 425 g/mol. The molecule has 0 aliphatic carbocycles. The summed E-state index contributed by atoms with van der Waals surface area (Å²) in [5.41, 5.74) is 15.4. The van der Waals surface area contributed by atoms with Crippen LogP contribution in [0.4, 0.5) is 4.79 Å². The Kier molecular flexibility index (Phi) is 7.93. The fraction of sp³-hybridized carbons (Fsp3) is 0.519. The van der Waals surface area contributed by atoms with Crippen molar-refractivity contribution in [2.24, 2.45) is 0 Å². The van der Waals surface area contributed by atoms with Crippen molar-refractivity contribution < 1.29 is 9.90 Å². The van der Waals surface area contributed by atoms with Gasteiger partial charge in [0.05, 0.1) is 0 Å². The van der Waals surface area contributed by atoms with Crippen LogP contribution in [0, 0.1) is 69.2 Å². The number of hydrogen-bond acceptors (Lipinski definition) is 2. The maximum atomic E-state index is 12.0. The van der Waals surface area contributed by atoms with Crippen LogP contribution in [0.2, 0.25) is 0 Å². The van der Waals surface area contributed by atoms with Crippen LogP contribution >= 0.6 is 0 Å². The van der Waals surface area contributed by atoms with Gasteiger partial charge >= 0.3 is 6.09 Å². The molecule has 0 fully saturated rings. The fourth-order valence-electron chi connectivity index (χ4n) is 4.52. The van der Waals surface area contributed by atoms with Gasteiger partial charge in [0.2, 0.25) is 0 Å². The van der Waals surface area contributed by atoms with Crippen LogP contribution in [0.5, 0.6) is 0 Å². The van der Waals surface area contributed by atoms with E-state index in [2.05, 4.69) is 74.6 Å². The van der Waals surface area contributed by atoms with Crippen molar-refractivity contribution in [3.63, 3.8) is 0 Å². The molecule has 170 valence electrons. The monoisotopic (exact) mass is 424 g/mol. The first-order valence-electron chi connectivity index (χ1n) is 11.2. The number of carbonyl (C=O) groups is 1. The third kappa shape index (κ3) is 4.95. The maximum Gasteiger partial charge on any atom is 0.407 e. The molecular formula is C27H40N2O2. The fourth-order valence-corrected chi connectivity index (χ4v) is 4.52. The zero-order chi connectivity index (χ0) is 23.6. The molecule has 0 unspecified atom stereocenters. The molecule has 0 bridgehead atoms. The van der Waals surface area contributed by atoms with Gasteiger partial charge in [-0.15, -0.1) is 0 Å². The lowest BCUT2D eigenvalue weighted by Gasteiger charge is -2.25. The van der Waals surface area contributed by atoms with Gasteiger partial charge in [-0.25, -0.2) is 4.79 Å². The van der Waals surface area contributed by atoms with Crippen LogP contribution in [0.3, 0.4) is 0 Å². The Morgan fingerprint density at radius 1 is 0.645 bits per heavy atom. The predicted molar refractivity (Wildman–Crippen MR) is 130 cm³/mol. The molecule has 2 aromatic carbocycles. The average Bonchev–Trinajstić information content (AvgIpc) is 2.74. The van der Waals surface area contributed by atoms with Crippen LogP contribution in [-0.4, -0.2) is 29.2 Å². The van der Waals surface area contributed by atoms with Gasteiger partial charge in [0, 0.05) is 26.2 Å². The second-order valence-electron chi connectivity index (χ2n) is 9.09. The van der Waals surface area contributed by atoms with Crippen molar-refractivity contribution in [1.29, 1.82) is 0 Å². The number of nitrogens with one attached hydrogen (secondary N) is 1. The summed E-state index contributed by atoms with van der Waals surface area (Å²) in [5.74, 6) is 0. The molecule has 0 atom stereocenters. The Balaban J connectivity index is 2.12. The van der Waals surface area contributed by atoms with E-state index >= 15 is 0 Å². The molecule has 2 rings (SSSR count). The molecule has 0 spiro atoms. The van der Waals surface area contributed by atoms with Crippen LogP contribution in [0.1, 0.15) is 66.8 Å². The van der Waals surface area contributed by atoms with Crippen molar-refractivity contribution in [3.8, 4) is 0 Å². The SMILES string of the molecule is Cc1c(C)c(C)c(CNCCN(Cc2c(C)c(C)c(C)c(C)c2C)C(=O)O)c(C)c1C. The van der Waals surface area contributed by atoms with E-state index in [1.54, 1.807) is 0 Å². The summed E-state index contributed by atoms with van der Waals surface area (Å²) >= 11 is 0. The number of hydrogen-bond donors (Lipinski definition) is 2. The van der Waals surface area contributed by atoms with E-state index in [-0.39, 0.29) is 0 Å². The van der Waals surface area contributed by atoms with E-state index in [0.29, 0.717) is 19.6 Å². The van der Waals surface area contributed by atoms with Gasteiger partial charge in [-0.1, -0.05) is 0 Å². The Bertz CT molecular complexity index is 947. The molecule has 2 N–H and O–H groups in total. The number of benzene rings is 2. The standard InChI is InChI=1S/C27H40N2O2/c1-15-17(3)21(7)25(22(8)18(15)4)13-28-11-12-29(27(30)31)14-26-23(9)19(5)16(2)20(6)24(26)10/h28H,11-14H2,1-10H3,(H,30,31). The molecule has 0 saturated heterocycles. The first-order valence-corrected chi connectivity index (χ1v) is 11.2. The molecule has 0 aromatic heterocycles. The third-order valence-corrected chi connectivity index (χ3v) is 7.79. The zero-order valence-electron chi connectivity index (χ0n) is 21.1. The van der Waals surface area contributed by atoms with Crippen molar-refractivity contribution in [2.45, 2.75) is 82.3 Å². The minimum Gasteiger partial charge on any atom is -0.465 e. The van der Waals surface area contributed by atoms with Gasteiger partial charge in [-0.05, 0) is 136 Å². The molecular weight excluding hydrogens is 384 g/mol. The van der Waals surface area contributed by atoms with E-state index < -0.39 is 6.09 Å². The normalized spacial score (nSPS) is 11.2. The molecule has 0 aliphatic rings. The minimum absolute atomic E-state index is 0.428. The largest absolute Gasteiger partial charge is 0.465 e. The first-order chi connectivity index (χ1) is 14.4. The molecule has 4 heteroatoms. The van der Waals surface area contributed by atoms with E-state index in [0.717, 1.165) is 12.1 Å². The Morgan fingerprint density at radius 2 is 1.00 bits per heavy atom. The summed E-state index contributed by atoms with van der Waals surface area (Å²) in [6.45, 7) is 23.8. The highest BCUT2D eigenvalue weighted by atomic mass is 16.4. The zero-order valence-corrected chi connectivity index (χ0v) is 21.1.